The molecule has 6 heteroatoms. The van der Waals surface area contributed by atoms with E-state index in [9.17, 15) is 9.59 Å². The number of hydrogen-bond acceptors (Lipinski definition) is 4. The summed E-state index contributed by atoms with van der Waals surface area (Å²) in [6, 6.07) is 7.34. The summed E-state index contributed by atoms with van der Waals surface area (Å²) >= 11 is 0. The van der Waals surface area contributed by atoms with Crippen molar-refractivity contribution in [2.24, 2.45) is 0 Å². The van der Waals surface area contributed by atoms with Crippen LogP contribution in [0, 0.1) is 0 Å². The van der Waals surface area contributed by atoms with E-state index in [1.807, 2.05) is 41.3 Å². The van der Waals surface area contributed by atoms with E-state index in [-0.39, 0.29) is 23.8 Å². The van der Waals surface area contributed by atoms with Gasteiger partial charge in [-0.15, -0.1) is 13.2 Å². The van der Waals surface area contributed by atoms with Gasteiger partial charge in [-0.1, -0.05) is 30.4 Å². The first-order valence-corrected chi connectivity index (χ1v) is 11.2. The van der Waals surface area contributed by atoms with E-state index >= 15 is 0 Å². The van der Waals surface area contributed by atoms with Crippen molar-refractivity contribution >= 4 is 11.8 Å². The standard InChI is InChI=1S/C25H35N3O3/c1-4-12-25(13-5-2)14-8-9-16-28(25)23(29)18-21-24(30)26-15-17-27(21)19-20-10-6-7-11-22(20)31-3/h4-7,10-11,21H,1-2,8-9,12-19H2,3H3,(H,26,30). The Kier molecular flexibility index (Phi) is 7.91. The smallest absolute Gasteiger partial charge is 0.237 e. The quantitative estimate of drug-likeness (QED) is 0.617. The molecule has 2 aliphatic rings. The molecule has 0 bridgehead atoms. The van der Waals surface area contributed by atoms with Gasteiger partial charge in [0.2, 0.25) is 11.8 Å². The first-order valence-electron chi connectivity index (χ1n) is 11.2. The Bertz CT molecular complexity index is 797. The molecule has 0 aliphatic carbocycles. The number of carbonyl (C=O) groups excluding carboxylic acids is 2. The zero-order valence-electron chi connectivity index (χ0n) is 18.6. The lowest BCUT2D eigenvalue weighted by atomic mass is 9.80. The van der Waals surface area contributed by atoms with E-state index in [4.69, 9.17) is 4.74 Å². The number of likely N-dealkylation sites (tertiary alicyclic amines) is 1. The van der Waals surface area contributed by atoms with Crippen LogP contribution >= 0.6 is 0 Å². The first kappa shape index (κ1) is 23.1. The first-order chi connectivity index (χ1) is 15.0. The summed E-state index contributed by atoms with van der Waals surface area (Å²) in [4.78, 5) is 30.4. The Balaban J connectivity index is 1.79. The van der Waals surface area contributed by atoms with Gasteiger partial charge in [0, 0.05) is 37.3 Å². The average molecular weight is 426 g/mol. The summed E-state index contributed by atoms with van der Waals surface area (Å²) in [5.74, 6) is 0.755. The fourth-order valence-electron chi connectivity index (χ4n) is 5.03. The third-order valence-electron chi connectivity index (χ3n) is 6.57. The number of piperazine rings is 1. The molecule has 0 spiro atoms. The minimum absolute atomic E-state index is 0.0375. The second-order valence-electron chi connectivity index (χ2n) is 8.51. The molecule has 2 amide bonds. The molecule has 1 N–H and O–H groups in total. The zero-order chi connectivity index (χ0) is 22.3. The van der Waals surface area contributed by atoms with Crippen LogP contribution in [-0.4, -0.2) is 59.9 Å². The van der Waals surface area contributed by atoms with Crippen molar-refractivity contribution in [2.75, 3.05) is 26.7 Å². The van der Waals surface area contributed by atoms with Gasteiger partial charge >= 0.3 is 0 Å². The summed E-state index contributed by atoms with van der Waals surface area (Å²) in [5, 5.41) is 2.94. The molecule has 0 aromatic heterocycles. The van der Waals surface area contributed by atoms with Gasteiger partial charge in [-0.25, -0.2) is 0 Å². The number of ether oxygens (including phenoxy) is 1. The molecule has 0 radical (unpaired) electrons. The molecule has 1 atom stereocenters. The monoisotopic (exact) mass is 425 g/mol. The van der Waals surface area contributed by atoms with Crippen LogP contribution in [0.5, 0.6) is 5.75 Å². The Morgan fingerprint density at radius 2 is 1.97 bits per heavy atom. The predicted octanol–water partition coefficient (Wildman–Crippen LogP) is 3.29. The van der Waals surface area contributed by atoms with Gasteiger partial charge in [-0.2, -0.15) is 0 Å². The summed E-state index contributed by atoms with van der Waals surface area (Å²) in [5.41, 5.74) is 0.750. The number of hydrogen-bond donors (Lipinski definition) is 1. The number of carbonyl (C=O) groups is 2. The summed E-state index contributed by atoms with van der Waals surface area (Å²) in [7, 11) is 1.65. The van der Waals surface area contributed by atoms with E-state index in [0.717, 1.165) is 50.0 Å². The molecule has 1 aromatic carbocycles. The summed E-state index contributed by atoms with van der Waals surface area (Å²) in [6.45, 7) is 10.4. The number of rotatable bonds is 9. The van der Waals surface area contributed by atoms with Gasteiger partial charge in [0.25, 0.3) is 0 Å². The van der Waals surface area contributed by atoms with E-state index in [1.54, 1.807) is 7.11 Å². The molecule has 0 saturated carbocycles. The third-order valence-corrected chi connectivity index (χ3v) is 6.57. The maximum Gasteiger partial charge on any atom is 0.237 e. The lowest BCUT2D eigenvalue weighted by Gasteiger charge is -2.48. The lowest BCUT2D eigenvalue weighted by Crippen LogP contribution is -2.59. The molecule has 1 unspecified atom stereocenters. The van der Waals surface area contributed by atoms with E-state index in [1.165, 1.54) is 0 Å². The highest BCUT2D eigenvalue weighted by Crippen LogP contribution is 2.36. The van der Waals surface area contributed by atoms with Crippen LogP contribution in [0.1, 0.15) is 44.1 Å². The SMILES string of the molecule is C=CCC1(CC=C)CCCCN1C(=O)CC1C(=O)NCCN1Cc1ccccc1OC. The van der Waals surface area contributed by atoms with E-state index in [2.05, 4.69) is 23.4 Å². The Morgan fingerprint density at radius 3 is 2.68 bits per heavy atom. The number of nitrogens with zero attached hydrogens (tertiary/aromatic N) is 2. The third kappa shape index (κ3) is 5.18. The van der Waals surface area contributed by atoms with Gasteiger partial charge < -0.3 is 15.0 Å². The van der Waals surface area contributed by atoms with Gasteiger partial charge in [-0.3, -0.25) is 14.5 Å². The van der Waals surface area contributed by atoms with Crippen LogP contribution in [0.15, 0.2) is 49.6 Å². The van der Waals surface area contributed by atoms with E-state index < -0.39 is 6.04 Å². The van der Waals surface area contributed by atoms with Crippen LogP contribution in [-0.2, 0) is 16.1 Å². The van der Waals surface area contributed by atoms with Gasteiger partial charge in [-0.05, 0) is 38.2 Å². The van der Waals surface area contributed by atoms with Crippen LogP contribution in [0.2, 0.25) is 0 Å². The van der Waals surface area contributed by atoms with Crippen LogP contribution in [0.3, 0.4) is 0 Å². The van der Waals surface area contributed by atoms with Crippen LogP contribution < -0.4 is 10.1 Å². The van der Waals surface area contributed by atoms with Crippen molar-refractivity contribution in [3.8, 4) is 5.75 Å². The van der Waals surface area contributed by atoms with E-state index in [0.29, 0.717) is 19.6 Å². The number of amides is 2. The van der Waals surface area contributed by atoms with Gasteiger partial charge in [0.05, 0.1) is 19.6 Å². The number of benzene rings is 1. The largest absolute Gasteiger partial charge is 0.496 e. The Hall–Kier alpha value is -2.60. The molecule has 6 nitrogen and oxygen atoms in total. The number of nitrogens with one attached hydrogen (secondary N) is 1. The van der Waals surface area contributed by atoms with Crippen LogP contribution in [0.4, 0.5) is 0 Å². The maximum atomic E-state index is 13.5. The molecular weight excluding hydrogens is 390 g/mol. The minimum atomic E-state index is -0.488. The van der Waals surface area contributed by atoms with Crippen molar-refractivity contribution in [3.05, 3.63) is 55.1 Å². The fourth-order valence-corrected chi connectivity index (χ4v) is 5.03. The minimum Gasteiger partial charge on any atom is -0.496 e. The number of methoxy groups -OCH3 is 1. The highest BCUT2D eigenvalue weighted by atomic mass is 16.5. The second-order valence-corrected chi connectivity index (χ2v) is 8.51. The van der Waals surface area contributed by atoms with Crippen molar-refractivity contribution in [3.63, 3.8) is 0 Å². The summed E-state index contributed by atoms with van der Waals surface area (Å²) in [6.07, 6.45) is 8.49. The zero-order valence-corrected chi connectivity index (χ0v) is 18.6. The molecule has 2 heterocycles. The molecule has 3 rings (SSSR count). The van der Waals surface area contributed by atoms with Crippen molar-refractivity contribution in [2.45, 2.75) is 56.7 Å². The topological polar surface area (TPSA) is 61.9 Å². The average Bonchev–Trinajstić information content (AvgIpc) is 2.77. The Morgan fingerprint density at radius 1 is 1.23 bits per heavy atom. The molecule has 2 aliphatic heterocycles. The molecule has 31 heavy (non-hydrogen) atoms. The van der Waals surface area contributed by atoms with Crippen molar-refractivity contribution in [1.29, 1.82) is 0 Å². The highest BCUT2D eigenvalue weighted by Gasteiger charge is 2.41. The number of para-hydroxylation sites is 1. The molecule has 2 saturated heterocycles. The van der Waals surface area contributed by atoms with Gasteiger partial charge in [0.15, 0.2) is 0 Å². The number of piperidine rings is 1. The predicted molar refractivity (Wildman–Crippen MR) is 123 cm³/mol. The molecular formula is C25H35N3O3. The fraction of sp³-hybridized carbons (Fsp3) is 0.520. The molecule has 168 valence electrons. The lowest BCUT2D eigenvalue weighted by molar-refractivity contribution is -0.145. The van der Waals surface area contributed by atoms with Gasteiger partial charge in [0.1, 0.15) is 5.75 Å². The molecule has 2 fully saturated rings. The normalized spacial score (nSPS) is 21.3. The Labute approximate surface area is 185 Å². The highest BCUT2D eigenvalue weighted by molar-refractivity contribution is 5.89. The summed E-state index contributed by atoms with van der Waals surface area (Å²) < 4.78 is 5.49. The molecule has 1 aromatic rings. The van der Waals surface area contributed by atoms with Crippen LogP contribution in [0.25, 0.3) is 0 Å². The maximum absolute atomic E-state index is 13.5. The second kappa shape index (κ2) is 10.6. The van der Waals surface area contributed by atoms with Crippen molar-refractivity contribution < 1.29 is 14.3 Å². The van der Waals surface area contributed by atoms with Crippen molar-refractivity contribution in [1.82, 2.24) is 15.1 Å².